The number of nitrogens with zero attached hydrogens (tertiary/aromatic N) is 2. The molecule has 7 heteroatoms. The van der Waals surface area contributed by atoms with Crippen molar-refractivity contribution < 1.29 is 18.6 Å². The van der Waals surface area contributed by atoms with Crippen LogP contribution < -0.4 is 14.2 Å². The highest BCUT2D eigenvalue weighted by molar-refractivity contribution is 7.99. The van der Waals surface area contributed by atoms with Gasteiger partial charge in [0.25, 0.3) is 11.1 Å². The molecule has 0 aliphatic carbocycles. The van der Waals surface area contributed by atoms with E-state index in [-0.39, 0.29) is 6.61 Å². The van der Waals surface area contributed by atoms with Crippen molar-refractivity contribution in [1.82, 2.24) is 10.2 Å². The van der Waals surface area contributed by atoms with Gasteiger partial charge in [0.1, 0.15) is 17.2 Å². The van der Waals surface area contributed by atoms with Gasteiger partial charge in [-0.3, -0.25) is 0 Å². The summed E-state index contributed by atoms with van der Waals surface area (Å²) in [6.45, 7) is 7.44. The Morgan fingerprint density at radius 3 is 2.43 bits per heavy atom. The second-order valence-corrected chi connectivity index (χ2v) is 7.17. The van der Waals surface area contributed by atoms with Gasteiger partial charge in [0.15, 0.2) is 6.61 Å². The summed E-state index contributed by atoms with van der Waals surface area (Å²) in [4.78, 5) is 0. The van der Waals surface area contributed by atoms with Crippen LogP contribution in [0, 0.1) is 13.8 Å². The van der Waals surface area contributed by atoms with Gasteiger partial charge >= 0.3 is 0 Å². The van der Waals surface area contributed by atoms with E-state index in [2.05, 4.69) is 16.3 Å². The molecule has 148 valence electrons. The second kappa shape index (κ2) is 10.0. The SMILES string of the molecule is CCOc1ccc(OCCSc2nnc(COc3cc(C)ccc3C)o2)cc1. The number of aromatic nitrogens is 2. The van der Waals surface area contributed by atoms with Crippen LogP contribution in [0.5, 0.6) is 17.2 Å². The molecule has 2 aromatic carbocycles. The van der Waals surface area contributed by atoms with E-state index in [9.17, 15) is 0 Å². The molecule has 0 saturated carbocycles. The number of thioether (sulfide) groups is 1. The molecule has 28 heavy (non-hydrogen) atoms. The van der Waals surface area contributed by atoms with Crippen LogP contribution in [-0.4, -0.2) is 29.2 Å². The van der Waals surface area contributed by atoms with Crippen LogP contribution in [0.2, 0.25) is 0 Å². The van der Waals surface area contributed by atoms with Gasteiger partial charge in [-0.1, -0.05) is 23.9 Å². The molecule has 0 unspecified atom stereocenters. The topological polar surface area (TPSA) is 66.6 Å². The monoisotopic (exact) mass is 400 g/mol. The fourth-order valence-corrected chi connectivity index (χ4v) is 3.04. The van der Waals surface area contributed by atoms with Crippen LogP contribution in [0.25, 0.3) is 0 Å². The van der Waals surface area contributed by atoms with E-state index >= 15 is 0 Å². The van der Waals surface area contributed by atoms with Gasteiger partial charge < -0.3 is 18.6 Å². The smallest absolute Gasteiger partial charge is 0.276 e. The van der Waals surface area contributed by atoms with E-state index in [0.29, 0.717) is 30.1 Å². The predicted molar refractivity (Wildman–Crippen MR) is 108 cm³/mol. The highest BCUT2D eigenvalue weighted by Gasteiger charge is 2.09. The highest BCUT2D eigenvalue weighted by atomic mass is 32.2. The Morgan fingerprint density at radius 2 is 1.68 bits per heavy atom. The van der Waals surface area contributed by atoms with Crippen LogP contribution in [0.1, 0.15) is 23.9 Å². The molecule has 6 nitrogen and oxygen atoms in total. The minimum atomic E-state index is 0.251. The lowest BCUT2D eigenvalue weighted by molar-refractivity contribution is 0.250. The van der Waals surface area contributed by atoms with Crippen LogP contribution >= 0.6 is 11.8 Å². The van der Waals surface area contributed by atoms with E-state index < -0.39 is 0 Å². The molecule has 0 atom stereocenters. The minimum Gasteiger partial charge on any atom is -0.494 e. The summed E-state index contributed by atoms with van der Waals surface area (Å²) < 4.78 is 22.5. The summed E-state index contributed by atoms with van der Waals surface area (Å²) in [6.07, 6.45) is 0. The van der Waals surface area contributed by atoms with Crippen LogP contribution in [-0.2, 0) is 6.61 Å². The lowest BCUT2D eigenvalue weighted by Gasteiger charge is -2.07. The van der Waals surface area contributed by atoms with E-state index in [4.69, 9.17) is 18.6 Å². The Balaban J connectivity index is 1.40. The molecule has 1 heterocycles. The maximum Gasteiger partial charge on any atom is 0.276 e. The third-order valence-corrected chi connectivity index (χ3v) is 4.64. The largest absolute Gasteiger partial charge is 0.494 e. The number of rotatable bonds is 10. The third kappa shape index (κ3) is 5.92. The number of benzene rings is 2. The van der Waals surface area contributed by atoms with Gasteiger partial charge in [-0.15, -0.1) is 10.2 Å². The molecule has 3 rings (SSSR count). The summed E-state index contributed by atoms with van der Waals surface area (Å²) in [5, 5.41) is 8.58. The molecule has 0 fully saturated rings. The maximum atomic E-state index is 5.79. The fourth-order valence-electron chi connectivity index (χ4n) is 2.44. The zero-order valence-corrected chi connectivity index (χ0v) is 17.1. The van der Waals surface area contributed by atoms with Crippen molar-refractivity contribution in [3.63, 3.8) is 0 Å². The van der Waals surface area contributed by atoms with Gasteiger partial charge in [-0.25, -0.2) is 0 Å². The van der Waals surface area contributed by atoms with Crippen molar-refractivity contribution >= 4 is 11.8 Å². The zero-order valence-electron chi connectivity index (χ0n) is 16.3. The Hall–Kier alpha value is -2.67. The highest BCUT2D eigenvalue weighted by Crippen LogP contribution is 2.22. The minimum absolute atomic E-state index is 0.251. The van der Waals surface area contributed by atoms with Gasteiger partial charge in [-0.05, 0) is 62.2 Å². The first kappa shape index (κ1) is 20.1. The predicted octanol–water partition coefficient (Wildman–Crippen LogP) is 4.84. The van der Waals surface area contributed by atoms with Crippen LogP contribution in [0.4, 0.5) is 0 Å². The lowest BCUT2D eigenvalue weighted by Crippen LogP contribution is -2.00. The average molecular weight is 401 g/mol. The Labute approximate surface area is 169 Å². The number of hydrogen-bond acceptors (Lipinski definition) is 7. The molecule has 0 spiro atoms. The molecular weight excluding hydrogens is 376 g/mol. The maximum absolute atomic E-state index is 5.79. The van der Waals surface area contributed by atoms with Gasteiger partial charge in [0, 0.05) is 5.75 Å². The molecular formula is C21H24N2O4S. The second-order valence-electron chi connectivity index (χ2n) is 6.12. The van der Waals surface area contributed by atoms with E-state index in [1.54, 1.807) is 0 Å². The molecule has 0 bridgehead atoms. The summed E-state index contributed by atoms with van der Waals surface area (Å²) in [7, 11) is 0. The molecule has 0 saturated heterocycles. The van der Waals surface area contributed by atoms with Crippen molar-refractivity contribution in [3.8, 4) is 17.2 Å². The molecule has 0 radical (unpaired) electrons. The lowest BCUT2D eigenvalue weighted by atomic mass is 10.1. The molecule has 3 aromatic rings. The normalized spacial score (nSPS) is 10.7. The zero-order chi connectivity index (χ0) is 19.8. The Morgan fingerprint density at radius 1 is 0.929 bits per heavy atom. The van der Waals surface area contributed by atoms with Crippen LogP contribution in [0.3, 0.4) is 0 Å². The molecule has 0 amide bonds. The molecule has 1 aromatic heterocycles. The molecule has 0 aliphatic rings. The van der Waals surface area contributed by atoms with Crippen LogP contribution in [0.15, 0.2) is 52.1 Å². The van der Waals surface area contributed by atoms with Crippen molar-refractivity contribution in [2.24, 2.45) is 0 Å². The van der Waals surface area contributed by atoms with E-state index in [0.717, 1.165) is 28.4 Å². The summed E-state index contributed by atoms with van der Waals surface area (Å²) in [5.74, 6) is 3.63. The molecule has 0 aliphatic heterocycles. The standard InChI is InChI=1S/C21H24N2O4S/c1-4-24-17-7-9-18(10-8-17)25-11-12-28-21-23-22-20(27-21)14-26-19-13-15(2)5-6-16(19)3/h5-10,13H,4,11-12,14H2,1-3H3. The number of ether oxygens (including phenoxy) is 3. The van der Waals surface area contributed by atoms with Crippen molar-refractivity contribution in [2.75, 3.05) is 19.0 Å². The summed E-state index contributed by atoms with van der Waals surface area (Å²) >= 11 is 1.45. The fraction of sp³-hybridized carbons (Fsp3) is 0.333. The first-order valence-electron chi connectivity index (χ1n) is 9.15. The van der Waals surface area contributed by atoms with Gasteiger partial charge in [0.2, 0.25) is 0 Å². The van der Waals surface area contributed by atoms with E-state index in [1.165, 1.54) is 11.8 Å². The van der Waals surface area contributed by atoms with Gasteiger partial charge in [0.05, 0.1) is 13.2 Å². The quantitative estimate of drug-likeness (QED) is 0.356. The average Bonchev–Trinajstić information content (AvgIpc) is 3.15. The van der Waals surface area contributed by atoms with Crippen molar-refractivity contribution in [1.29, 1.82) is 0 Å². The Bertz CT molecular complexity index is 880. The summed E-state index contributed by atoms with van der Waals surface area (Å²) in [6, 6.07) is 13.7. The van der Waals surface area contributed by atoms with E-state index in [1.807, 2.05) is 57.2 Å². The summed E-state index contributed by atoms with van der Waals surface area (Å²) in [5.41, 5.74) is 2.22. The van der Waals surface area contributed by atoms with Crippen molar-refractivity contribution in [2.45, 2.75) is 32.6 Å². The molecule has 0 N–H and O–H groups in total. The third-order valence-electron chi connectivity index (χ3n) is 3.86. The van der Waals surface area contributed by atoms with Gasteiger partial charge in [-0.2, -0.15) is 0 Å². The first-order chi connectivity index (χ1) is 13.6. The number of hydrogen-bond donors (Lipinski definition) is 0. The number of aryl methyl sites for hydroxylation is 2. The van der Waals surface area contributed by atoms with Crippen molar-refractivity contribution in [3.05, 3.63) is 59.5 Å². The Kier molecular flexibility index (Phi) is 7.19. The first-order valence-corrected chi connectivity index (χ1v) is 10.1.